The molecule has 2 heteroatoms. The van der Waals surface area contributed by atoms with Crippen molar-refractivity contribution in [2.24, 2.45) is 5.92 Å². The third-order valence-corrected chi connectivity index (χ3v) is 2.39. The van der Waals surface area contributed by atoms with Crippen molar-refractivity contribution in [3.05, 3.63) is 23.8 Å². The summed E-state index contributed by atoms with van der Waals surface area (Å²) >= 11 is 0. The topological polar surface area (TPSA) is 12.0 Å². The molecule has 0 fully saturated rings. The van der Waals surface area contributed by atoms with Crippen LogP contribution in [-0.2, 0) is 0 Å². The molecular formula is C11H18FN. The van der Waals surface area contributed by atoms with Crippen LogP contribution in [0, 0.1) is 5.92 Å². The molecule has 0 aromatic rings. The predicted molar refractivity (Wildman–Crippen MR) is 54.4 cm³/mol. The van der Waals surface area contributed by atoms with E-state index in [1.807, 2.05) is 39.0 Å². The van der Waals surface area contributed by atoms with Gasteiger partial charge in [-0.2, -0.15) is 0 Å². The van der Waals surface area contributed by atoms with Gasteiger partial charge in [-0.1, -0.05) is 32.1 Å². The summed E-state index contributed by atoms with van der Waals surface area (Å²) < 4.78 is 13.8. The van der Waals surface area contributed by atoms with Crippen molar-refractivity contribution in [1.29, 1.82) is 0 Å². The van der Waals surface area contributed by atoms with E-state index in [1.165, 1.54) is 0 Å². The average molecular weight is 183 g/mol. The second kappa shape index (κ2) is 4.56. The van der Waals surface area contributed by atoms with Gasteiger partial charge in [-0.15, -0.1) is 0 Å². The average Bonchev–Trinajstić information content (AvgIpc) is 2.08. The zero-order chi connectivity index (χ0) is 9.84. The number of rotatable bonds is 2. The largest absolute Gasteiger partial charge is 0.304 e. The molecule has 0 saturated heterocycles. The first kappa shape index (κ1) is 10.5. The van der Waals surface area contributed by atoms with Crippen LogP contribution in [0.25, 0.3) is 0 Å². The zero-order valence-electron chi connectivity index (χ0n) is 8.55. The lowest BCUT2D eigenvalue weighted by Crippen LogP contribution is -2.42. The Labute approximate surface area is 79.7 Å². The van der Waals surface area contributed by atoms with E-state index < -0.39 is 6.17 Å². The fourth-order valence-electron chi connectivity index (χ4n) is 1.66. The van der Waals surface area contributed by atoms with Crippen LogP contribution in [0.5, 0.6) is 0 Å². The summed E-state index contributed by atoms with van der Waals surface area (Å²) in [6.07, 6.45) is 4.90. The highest BCUT2D eigenvalue weighted by Crippen LogP contribution is 2.22. The van der Waals surface area contributed by atoms with E-state index in [-0.39, 0.29) is 6.04 Å². The van der Waals surface area contributed by atoms with E-state index in [9.17, 15) is 4.39 Å². The highest BCUT2D eigenvalue weighted by Gasteiger charge is 2.26. The first-order valence-corrected chi connectivity index (χ1v) is 4.87. The van der Waals surface area contributed by atoms with Crippen molar-refractivity contribution in [2.75, 3.05) is 6.54 Å². The lowest BCUT2D eigenvalue weighted by molar-refractivity contribution is 0.294. The van der Waals surface area contributed by atoms with Gasteiger partial charge in [-0.25, -0.2) is 4.39 Å². The van der Waals surface area contributed by atoms with Crippen molar-refractivity contribution in [1.82, 2.24) is 5.32 Å². The van der Waals surface area contributed by atoms with Crippen molar-refractivity contribution in [3.63, 3.8) is 0 Å². The van der Waals surface area contributed by atoms with Gasteiger partial charge in [0.05, 0.1) is 6.04 Å². The molecule has 1 aliphatic rings. The minimum Gasteiger partial charge on any atom is -0.304 e. The number of alkyl halides is 1. The van der Waals surface area contributed by atoms with Crippen LogP contribution in [0.15, 0.2) is 23.8 Å². The Morgan fingerprint density at radius 3 is 2.85 bits per heavy atom. The van der Waals surface area contributed by atoms with E-state index in [0.717, 1.165) is 12.1 Å². The van der Waals surface area contributed by atoms with Gasteiger partial charge in [0.2, 0.25) is 0 Å². The van der Waals surface area contributed by atoms with Crippen molar-refractivity contribution < 1.29 is 4.39 Å². The summed E-state index contributed by atoms with van der Waals surface area (Å²) in [5, 5.41) is 3.12. The third-order valence-electron chi connectivity index (χ3n) is 2.39. The van der Waals surface area contributed by atoms with Gasteiger partial charge in [0.25, 0.3) is 0 Å². The normalized spacial score (nSPS) is 29.8. The van der Waals surface area contributed by atoms with Gasteiger partial charge in [-0.3, -0.25) is 0 Å². The van der Waals surface area contributed by atoms with E-state index >= 15 is 0 Å². The summed E-state index contributed by atoms with van der Waals surface area (Å²) in [5.74, 6) is 0.310. The van der Waals surface area contributed by atoms with Crippen molar-refractivity contribution in [2.45, 2.75) is 33.0 Å². The second-order valence-electron chi connectivity index (χ2n) is 3.72. The van der Waals surface area contributed by atoms with E-state index in [4.69, 9.17) is 0 Å². The lowest BCUT2D eigenvalue weighted by Gasteiger charge is -2.28. The quantitative estimate of drug-likeness (QED) is 0.648. The molecule has 1 N–H and O–H groups in total. The maximum atomic E-state index is 13.8. The Bertz CT molecular complexity index is 218. The van der Waals surface area contributed by atoms with Crippen LogP contribution in [0.4, 0.5) is 4.39 Å². The minimum atomic E-state index is -0.857. The molecule has 1 rings (SSSR count). The second-order valence-corrected chi connectivity index (χ2v) is 3.72. The lowest BCUT2D eigenvalue weighted by atomic mass is 9.91. The van der Waals surface area contributed by atoms with Gasteiger partial charge in [0, 0.05) is 6.54 Å². The van der Waals surface area contributed by atoms with Crippen LogP contribution >= 0.6 is 0 Å². The first-order chi connectivity index (χ1) is 6.16. The Morgan fingerprint density at radius 1 is 1.62 bits per heavy atom. The van der Waals surface area contributed by atoms with Gasteiger partial charge in [0.15, 0.2) is 0 Å². The Balaban J connectivity index is 2.73. The molecule has 0 aromatic carbocycles. The van der Waals surface area contributed by atoms with Crippen LogP contribution in [0.2, 0.25) is 0 Å². The molecule has 1 heterocycles. The Morgan fingerprint density at radius 2 is 2.31 bits per heavy atom. The summed E-state index contributed by atoms with van der Waals surface area (Å²) in [4.78, 5) is 0. The van der Waals surface area contributed by atoms with E-state index in [1.54, 1.807) is 0 Å². The minimum absolute atomic E-state index is 0.132. The summed E-state index contributed by atoms with van der Waals surface area (Å²) in [5.41, 5.74) is 0.932. The maximum Gasteiger partial charge on any atom is 0.140 e. The molecule has 1 aliphatic heterocycles. The molecule has 0 aliphatic carbocycles. The van der Waals surface area contributed by atoms with Gasteiger partial charge in [-0.05, 0) is 18.4 Å². The third kappa shape index (κ3) is 2.41. The Hall–Kier alpha value is -0.630. The number of halogens is 1. The van der Waals surface area contributed by atoms with Gasteiger partial charge >= 0.3 is 0 Å². The van der Waals surface area contributed by atoms with Crippen LogP contribution in [0.3, 0.4) is 0 Å². The molecule has 74 valence electrons. The SMILES string of the molecule is C/C=C\C1NCC=C(C(C)C)C1F. The van der Waals surface area contributed by atoms with Crippen LogP contribution in [-0.4, -0.2) is 18.8 Å². The van der Waals surface area contributed by atoms with Crippen LogP contribution < -0.4 is 5.32 Å². The smallest absolute Gasteiger partial charge is 0.140 e. The number of hydrogen-bond acceptors (Lipinski definition) is 1. The zero-order valence-corrected chi connectivity index (χ0v) is 8.55. The van der Waals surface area contributed by atoms with E-state index in [0.29, 0.717) is 5.92 Å². The van der Waals surface area contributed by atoms with E-state index in [2.05, 4.69) is 5.32 Å². The highest BCUT2D eigenvalue weighted by molar-refractivity contribution is 5.21. The molecule has 2 atom stereocenters. The fraction of sp³-hybridized carbons (Fsp3) is 0.636. The first-order valence-electron chi connectivity index (χ1n) is 4.87. The standard InChI is InChI=1S/C11H18FN/c1-4-5-10-11(12)9(8(2)3)6-7-13-10/h4-6,8,10-11,13H,7H2,1-3H3/b5-4-. The molecule has 0 bridgehead atoms. The predicted octanol–water partition coefficient (Wildman–Crippen LogP) is 2.45. The fourth-order valence-corrected chi connectivity index (χ4v) is 1.66. The molecule has 13 heavy (non-hydrogen) atoms. The molecule has 0 radical (unpaired) electrons. The molecule has 0 aromatic heterocycles. The van der Waals surface area contributed by atoms with Gasteiger partial charge < -0.3 is 5.32 Å². The summed E-state index contributed by atoms with van der Waals surface area (Å²) in [7, 11) is 0. The number of nitrogens with one attached hydrogen (secondary N) is 1. The number of hydrogen-bond donors (Lipinski definition) is 1. The molecular weight excluding hydrogens is 165 g/mol. The van der Waals surface area contributed by atoms with Crippen molar-refractivity contribution in [3.8, 4) is 0 Å². The molecule has 2 unspecified atom stereocenters. The molecule has 0 saturated carbocycles. The highest BCUT2D eigenvalue weighted by atomic mass is 19.1. The maximum absolute atomic E-state index is 13.8. The number of allylic oxidation sites excluding steroid dienone is 1. The summed E-state index contributed by atoms with van der Waals surface area (Å²) in [6, 6.07) is -0.132. The van der Waals surface area contributed by atoms with Crippen molar-refractivity contribution >= 4 is 0 Å². The molecule has 0 spiro atoms. The summed E-state index contributed by atoms with van der Waals surface area (Å²) in [6.45, 7) is 6.78. The van der Waals surface area contributed by atoms with Gasteiger partial charge in [0.1, 0.15) is 6.17 Å². The van der Waals surface area contributed by atoms with Crippen LogP contribution in [0.1, 0.15) is 20.8 Å². The molecule has 0 amide bonds. The Kier molecular flexibility index (Phi) is 3.67. The molecule has 1 nitrogen and oxygen atoms in total. The monoisotopic (exact) mass is 183 g/mol.